The molecule has 0 aromatic carbocycles. The van der Waals surface area contributed by atoms with Crippen LogP contribution in [0.4, 0.5) is 0 Å². The molecule has 0 aliphatic heterocycles. The Morgan fingerprint density at radius 2 is 1.60 bits per heavy atom. The summed E-state index contributed by atoms with van der Waals surface area (Å²) in [5, 5.41) is 8.07. The van der Waals surface area contributed by atoms with Crippen molar-refractivity contribution in [2.24, 2.45) is 0 Å². The molecule has 0 saturated carbocycles. The minimum Gasteiger partial charge on any atom is -0.412 e. The molecule has 0 unspecified atom stereocenters. The van der Waals surface area contributed by atoms with Gasteiger partial charge in [0.15, 0.2) is 4.30 Å². The molecule has 0 atom stereocenters. The molecule has 2 nitrogen and oxygen atoms in total. The highest BCUT2D eigenvalue weighted by molar-refractivity contribution is 6.63. The highest BCUT2D eigenvalue weighted by atomic mass is 35.6. The Labute approximate surface area is 76.4 Å². The van der Waals surface area contributed by atoms with Gasteiger partial charge in [0.1, 0.15) is 0 Å². The van der Waals surface area contributed by atoms with Crippen molar-refractivity contribution >= 4 is 34.8 Å². The zero-order chi connectivity index (χ0) is 7.70. The first-order chi connectivity index (χ1) is 4.15. The summed E-state index contributed by atoms with van der Waals surface area (Å²) in [4.78, 5) is 0. The van der Waals surface area contributed by atoms with Crippen molar-refractivity contribution in [2.75, 3.05) is 6.61 Å². The molecular formula is C5H13Cl3O2. The van der Waals surface area contributed by atoms with Crippen LogP contribution in [-0.2, 0) is 0 Å². The van der Waals surface area contributed by atoms with Gasteiger partial charge in [-0.1, -0.05) is 48.1 Å². The zero-order valence-corrected chi connectivity index (χ0v) is 8.05. The lowest BCUT2D eigenvalue weighted by atomic mass is 10.4. The lowest BCUT2D eigenvalue weighted by Gasteiger charge is -1.79. The van der Waals surface area contributed by atoms with E-state index in [0.29, 0.717) is 6.61 Å². The summed E-state index contributed by atoms with van der Waals surface area (Å²) in [5.41, 5.74) is 0. The lowest BCUT2D eigenvalue weighted by molar-refractivity contribution is 0.287. The second-order valence-electron chi connectivity index (χ2n) is 1.32. The average molecular weight is 212 g/mol. The second-order valence-corrected chi connectivity index (χ2v) is 3.30. The highest BCUT2D eigenvalue weighted by Crippen LogP contribution is 2.03. The number of hydrogen-bond acceptors (Lipinski definition) is 1. The van der Waals surface area contributed by atoms with Crippen molar-refractivity contribution in [3.05, 3.63) is 0 Å². The van der Waals surface area contributed by atoms with Crippen molar-refractivity contribution in [1.82, 2.24) is 0 Å². The lowest BCUT2D eigenvalue weighted by Crippen LogP contribution is -1.75. The highest BCUT2D eigenvalue weighted by Gasteiger charge is 1.78. The molecular weight excluding hydrogens is 198 g/mol. The van der Waals surface area contributed by atoms with Crippen molar-refractivity contribution in [2.45, 2.75) is 24.1 Å². The van der Waals surface area contributed by atoms with E-state index in [-0.39, 0.29) is 5.48 Å². The van der Waals surface area contributed by atoms with E-state index >= 15 is 0 Å². The fourth-order valence-electron chi connectivity index (χ4n) is 0.158. The number of unbranched alkanes of at least 4 members (excludes halogenated alkanes) is 1. The molecule has 0 aliphatic rings. The van der Waals surface area contributed by atoms with Gasteiger partial charge in [-0.3, -0.25) is 0 Å². The Balaban J connectivity index is -0.0000000910. The molecule has 0 spiro atoms. The van der Waals surface area contributed by atoms with Crippen LogP contribution in [0.15, 0.2) is 0 Å². The molecule has 0 aromatic heterocycles. The number of aliphatic hydroxyl groups excluding tert-OH is 1. The molecule has 3 N–H and O–H groups in total. The van der Waals surface area contributed by atoms with E-state index in [4.69, 9.17) is 39.9 Å². The maximum atomic E-state index is 8.07. The quantitative estimate of drug-likeness (QED) is 0.697. The first-order valence-corrected chi connectivity index (χ1v) is 3.99. The molecule has 0 fully saturated rings. The predicted octanol–water partition coefficient (Wildman–Crippen LogP) is 1.94. The second kappa shape index (κ2) is 16.4. The Morgan fingerprint density at radius 1 is 1.30 bits per heavy atom. The van der Waals surface area contributed by atoms with Gasteiger partial charge >= 0.3 is 0 Å². The molecule has 0 aromatic rings. The van der Waals surface area contributed by atoms with Crippen LogP contribution in [-0.4, -0.2) is 21.5 Å². The summed E-state index contributed by atoms with van der Waals surface area (Å²) >= 11 is 14.4. The van der Waals surface area contributed by atoms with Gasteiger partial charge < -0.3 is 10.6 Å². The maximum absolute atomic E-state index is 8.07. The number of hydrogen-bond donors (Lipinski definition) is 1. The standard InChI is InChI=1S/C4H10O.CHCl3.H2O/c1-2-3-4-5;2-1(3)4;/h5H,2-4H2,1H3;1H;1H2. The third-order valence-corrected chi connectivity index (χ3v) is 0.512. The average Bonchev–Trinajstić information content (AvgIpc) is 1.66. The molecule has 0 amide bonds. The third-order valence-electron chi connectivity index (χ3n) is 0.512. The molecule has 0 rings (SSSR count). The van der Waals surface area contributed by atoms with E-state index in [0.717, 1.165) is 12.8 Å². The smallest absolute Gasteiger partial charge is 0.180 e. The van der Waals surface area contributed by atoms with E-state index < -0.39 is 4.30 Å². The molecule has 5 heteroatoms. The first-order valence-electron chi connectivity index (χ1n) is 2.68. The van der Waals surface area contributed by atoms with Crippen LogP contribution in [0.25, 0.3) is 0 Å². The first kappa shape index (κ1) is 17.0. The summed E-state index contributed by atoms with van der Waals surface area (Å²) in [6.07, 6.45) is 2.04. The Hall–Kier alpha value is 0.790. The summed E-state index contributed by atoms with van der Waals surface area (Å²) in [5.74, 6) is 0. The van der Waals surface area contributed by atoms with Crippen molar-refractivity contribution in [3.63, 3.8) is 0 Å². The van der Waals surface area contributed by atoms with Crippen LogP contribution >= 0.6 is 34.8 Å². The topological polar surface area (TPSA) is 51.7 Å². The predicted molar refractivity (Wildman–Crippen MR) is 47.0 cm³/mol. The van der Waals surface area contributed by atoms with Gasteiger partial charge in [-0.25, -0.2) is 0 Å². The van der Waals surface area contributed by atoms with Crippen LogP contribution in [0, 0.1) is 0 Å². The fourth-order valence-corrected chi connectivity index (χ4v) is 0.158. The molecule has 10 heavy (non-hydrogen) atoms. The molecule has 0 heterocycles. The van der Waals surface area contributed by atoms with Crippen LogP contribution in [0.1, 0.15) is 19.8 Å². The van der Waals surface area contributed by atoms with Crippen LogP contribution in [0.3, 0.4) is 0 Å². The number of rotatable bonds is 2. The van der Waals surface area contributed by atoms with Crippen molar-refractivity contribution in [1.29, 1.82) is 0 Å². The van der Waals surface area contributed by atoms with Crippen LogP contribution < -0.4 is 0 Å². The monoisotopic (exact) mass is 210 g/mol. The van der Waals surface area contributed by atoms with Gasteiger partial charge in [-0.05, 0) is 6.42 Å². The Bertz CT molecular complexity index is 39.1. The van der Waals surface area contributed by atoms with Gasteiger partial charge in [0.2, 0.25) is 0 Å². The Kier molecular flexibility index (Phi) is 28.0. The SMILES string of the molecule is CCCCO.ClC(Cl)Cl.O. The number of alkyl halides is 3. The van der Waals surface area contributed by atoms with Gasteiger partial charge in [0, 0.05) is 6.61 Å². The third kappa shape index (κ3) is 68.5. The molecule has 0 saturated heterocycles. The van der Waals surface area contributed by atoms with Gasteiger partial charge in [-0.2, -0.15) is 0 Å². The Morgan fingerprint density at radius 3 is 1.60 bits per heavy atom. The molecule has 66 valence electrons. The number of halogens is 3. The minimum atomic E-state index is -0.750. The molecule has 0 aliphatic carbocycles. The van der Waals surface area contributed by atoms with Crippen LogP contribution in [0.2, 0.25) is 0 Å². The van der Waals surface area contributed by atoms with E-state index in [1.807, 2.05) is 0 Å². The van der Waals surface area contributed by atoms with Crippen LogP contribution in [0.5, 0.6) is 0 Å². The molecule has 0 bridgehead atoms. The summed E-state index contributed by atoms with van der Waals surface area (Å²) in [7, 11) is 0. The fraction of sp³-hybridized carbons (Fsp3) is 1.00. The van der Waals surface area contributed by atoms with E-state index in [1.165, 1.54) is 0 Å². The molecule has 0 radical (unpaired) electrons. The summed E-state index contributed by atoms with van der Waals surface area (Å²) < 4.78 is -0.750. The zero-order valence-electron chi connectivity index (χ0n) is 5.78. The van der Waals surface area contributed by atoms with Crippen molar-refractivity contribution < 1.29 is 10.6 Å². The largest absolute Gasteiger partial charge is 0.412 e. The van der Waals surface area contributed by atoms with E-state index in [2.05, 4.69) is 6.92 Å². The van der Waals surface area contributed by atoms with E-state index in [1.54, 1.807) is 0 Å². The minimum absolute atomic E-state index is 0. The van der Waals surface area contributed by atoms with Crippen molar-refractivity contribution in [3.8, 4) is 0 Å². The maximum Gasteiger partial charge on any atom is 0.180 e. The summed E-state index contributed by atoms with van der Waals surface area (Å²) in [6.45, 7) is 2.40. The van der Waals surface area contributed by atoms with Gasteiger partial charge in [0.25, 0.3) is 0 Å². The normalized spacial score (nSPS) is 7.80. The number of aliphatic hydroxyl groups is 1. The van der Waals surface area contributed by atoms with E-state index in [9.17, 15) is 0 Å². The van der Waals surface area contributed by atoms with Gasteiger partial charge in [0.05, 0.1) is 0 Å². The summed E-state index contributed by atoms with van der Waals surface area (Å²) in [6, 6.07) is 0. The van der Waals surface area contributed by atoms with Gasteiger partial charge in [-0.15, -0.1) is 0 Å².